The smallest absolute Gasteiger partial charge is 0.0499 e. The van der Waals surface area contributed by atoms with Crippen molar-refractivity contribution in [3.8, 4) is 0 Å². The van der Waals surface area contributed by atoms with E-state index >= 15 is 0 Å². The fourth-order valence-corrected chi connectivity index (χ4v) is 3.48. The molecule has 0 aromatic rings. The van der Waals surface area contributed by atoms with Crippen LogP contribution in [-0.2, 0) is 0 Å². The average Bonchev–Trinajstić information content (AvgIpc) is 2.87. The Kier molecular flexibility index (Phi) is 5.63. The van der Waals surface area contributed by atoms with Gasteiger partial charge in [-0.1, -0.05) is 12.8 Å². The Hall–Kier alpha value is -0.160. The molecule has 2 rings (SSSR count). The molecule has 1 saturated heterocycles. The molecular formula is C15H31N3O. The lowest BCUT2D eigenvalue weighted by atomic mass is 9.86. The van der Waals surface area contributed by atoms with Crippen molar-refractivity contribution in [2.24, 2.45) is 5.41 Å². The van der Waals surface area contributed by atoms with Crippen molar-refractivity contribution in [2.45, 2.75) is 25.7 Å². The van der Waals surface area contributed by atoms with E-state index < -0.39 is 0 Å². The van der Waals surface area contributed by atoms with E-state index in [9.17, 15) is 5.11 Å². The summed E-state index contributed by atoms with van der Waals surface area (Å²) < 4.78 is 0. The van der Waals surface area contributed by atoms with Crippen LogP contribution in [0.2, 0.25) is 0 Å². The highest BCUT2D eigenvalue weighted by atomic mass is 16.3. The Balaban J connectivity index is 1.71. The first-order valence-electron chi connectivity index (χ1n) is 7.84. The molecule has 1 aliphatic carbocycles. The third kappa shape index (κ3) is 4.42. The molecule has 112 valence electrons. The second kappa shape index (κ2) is 7.02. The molecule has 0 aromatic heterocycles. The minimum atomic E-state index is 0.228. The topological polar surface area (TPSA) is 30.0 Å². The number of hydrogen-bond donors (Lipinski definition) is 1. The predicted octanol–water partition coefficient (Wildman–Crippen LogP) is 0.718. The first kappa shape index (κ1) is 15.2. The summed E-state index contributed by atoms with van der Waals surface area (Å²) in [5.74, 6) is 0. The summed E-state index contributed by atoms with van der Waals surface area (Å²) in [6.45, 7) is 8.57. The second-order valence-electron chi connectivity index (χ2n) is 6.79. The van der Waals surface area contributed by atoms with Gasteiger partial charge < -0.3 is 14.9 Å². The lowest BCUT2D eigenvalue weighted by Gasteiger charge is -2.39. The van der Waals surface area contributed by atoms with Gasteiger partial charge in [0.2, 0.25) is 0 Å². The molecule has 1 N–H and O–H groups in total. The molecule has 2 fully saturated rings. The summed E-state index contributed by atoms with van der Waals surface area (Å²) in [7, 11) is 4.28. The number of aliphatic hydroxyl groups excluding tert-OH is 1. The Morgan fingerprint density at radius 3 is 2.11 bits per heavy atom. The Morgan fingerprint density at radius 2 is 1.58 bits per heavy atom. The highest BCUT2D eigenvalue weighted by molar-refractivity contribution is 4.88. The van der Waals surface area contributed by atoms with E-state index in [0.717, 1.165) is 13.1 Å². The minimum absolute atomic E-state index is 0.228. The van der Waals surface area contributed by atoms with Crippen LogP contribution in [-0.4, -0.2) is 86.3 Å². The third-order valence-electron chi connectivity index (χ3n) is 4.89. The van der Waals surface area contributed by atoms with E-state index in [2.05, 4.69) is 28.8 Å². The molecule has 0 spiro atoms. The Morgan fingerprint density at radius 1 is 1.00 bits per heavy atom. The number of nitrogens with zero attached hydrogens (tertiary/aromatic N) is 3. The van der Waals surface area contributed by atoms with Gasteiger partial charge in [-0.3, -0.25) is 4.90 Å². The fraction of sp³-hybridized carbons (Fsp3) is 1.00. The standard InChI is InChI=1S/C15H31N3O/c1-16(2)7-8-17-9-11-18(12-10-17)13-15(14-19)5-3-4-6-15/h19H,3-14H2,1-2H3. The molecule has 0 unspecified atom stereocenters. The molecule has 0 radical (unpaired) electrons. The number of aliphatic hydroxyl groups is 1. The maximum absolute atomic E-state index is 9.70. The Labute approximate surface area is 118 Å². The fourth-order valence-electron chi connectivity index (χ4n) is 3.48. The highest BCUT2D eigenvalue weighted by Crippen LogP contribution is 2.38. The summed E-state index contributed by atoms with van der Waals surface area (Å²) in [6.07, 6.45) is 5.07. The Bertz CT molecular complexity index is 256. The van der Waals surface area contributed by atoms with Crippen LogP contribution in [0.3, 0.4) is 0 Å². The summed E-state index contributed by atoms with van der Waals surface area (Å²) in [4.78, 5) is 7.40. The van der Waals surface area contributed by atoms with Gasteiger partial charge in [0, 0.05) is 57.8 Å². The van der Waals surface area contributed by atoms with Crippen LogP contribution in [0.25, 0.3) is 0 Å². The van der Waals surface area contributed by atoms with Crippen LogP contribution >= 0.6 is 0 Å². The van der Waals surface area contributed by atoms with Crippen molar-refractivity contribution in [2.75, 3.05) is 66.5 Å². The SMILES string of the molecule is CN(C)CCN1CCN(CC2(CO)CCCC2)CC1. The zero-order chi connectivity index (χ0) is 13.7. The van der Waals surface area contributed by atoms with Crippen LogP contribution < -0.4 is 0 Å². The van der Waals surface area contributed by atoms with E-state index in [1.807, 2.05) is 0 Å². The van der Waals surface area contributed by atoms with Gasteiger partial charge in [0.25, 0.3) is 0 Å². The van der Waals surface area contributed by atoms with Crippen LogP contribution in [0.1, 0.15) is 25.7 Å². The summed E-state index contributed by atoms with van der Waals surface area (Å²) in [5, 5.41) is 9.70. The first-order chi connectivity index (χ1) is 9.13. The molecule has 1 heterocycles. The van der Waals surface area contributed by atoms with E-state index in [1.165, 1.54) is 58.4 Å². The van der Waals surface area contributed by atoms with Crippen molar-refractivity contribution in [3.05, 3.63) is 0 Å². The molecule has 1 saturated carbocycles. The maximum Gasteiger partial charge on any atom is 0.0499 e. The molecule has 1 aliphatic heterocycles. The van der Waals surface area contributed by atoms with Crippen LogP contribution in [0.15, 0.2) is 0 Å². The van der Waals surface area contributed by atoms with Gasteiger partial charge in [0.15, 0.2) is 0 Å². The van der Waals surface area contributed by atoms with Gasteiger partial charge in [-0.15, -0.1) is 0 Å². The van der Waals surface area contributed by atoms with Crippen LogP contribution in [0, 0.1) is 5.41 Å². The van der Waals surface area contributed by atoms with Gasteiger partial charge in [0.1, 0.15) is 0 Å². The number of rotatable bonds is 6. The predicted molar refractivity (Wildman–Crippen MR) is 79.4 cm³/mol. The molecule has 2 aliphatic rings. The molecule has 0 amide bonds. The largest absolute Gasteiger partial charge is 0.396 e. The van der Waals surface area contributed by atoms with Crippen molar-refractivity contribution in [1.82, 2.24) is 14.7 Å². The zero-order valence-corrected chi connectivity index (χ0v) is 12.8. The van der Waals surface area contributed by atoms with Crippen molar-refractivity contribution < 1.29 is 5.11 Å². The van der Waals surface area contributed by atoms with Crippen molar-refractivity contribution >= 4 is 0 Å². The highest BCUT2D eigenvalue weighted by Gasteiger charge is 2.35. The number of piperazine rings is 1. The lowest BCUT2D eigenvalue weighted by molar-refractivity contribution is 0.0483. The van der Waals surface area contributed by atoms with Gasteiger partial charge >= 0.3 is 0 Å². The van der Waals surface area contributed by atoms with Gasteiger partial charge in [-0.05, 0) is 26.9 Å². The van der Waals surface area contributed by atoms with E-state index in [0.29, 0.717) is 6.61 Å². The lowest BCUT2D eigenvalue weighted by Crippen LogP contribution is -2.51. The summed E-state index contributed by atoms with van der Waals surface area (Å²) in [5.41, 5.74) is 0.228. The van der Waals surface area contributed by atoms with Crippen LogP contribution in [0.4, 0.5) is 0 Å². The third-order valence-corrected chi connectivity index (χ3v) is 4.89. The monoisotopic (exact) mass is 269 g/mol. The van der Waals surface area contributed by atoms with Gasteiger partial charge in [0.05, 0.1) is 0 Å². The maximum atomic E-state index is 9.70. The van der Waals surface area contributed by atoms with Gasteiger partial charge in [-0.25, -0.2) is 0 Å². The van der Waals surface area contributed by atoms with E-state index in [-0.39, 0.29) is 5.41 Å². The summed E-state index contributed by atoms with van der Waals surface area (Å²) >= 11 is 0. The van der Waals surface area contributed by atoms with Crippen molar-refractivity contribution in [3.63, 3.8) is 0 Å². The van der Waals surface area contributed by atoms with Crippen molar-refractivity contribution in [1.29, 1.82) is 0 Å². The van der Waals surface area contributed by atoms with E-state index in [4.69, 9.17) is 0 Å². The molecule has 0 atom stereocenters. The van der Waals surface area contributed by atoms with E-state index in [1.54, 1.807) is 0 Å². The summed E-state index contributed by atoms with van der Waals surface area (Å²) in [6, 6.07) is 0. The normalized spacial score (nSPS) is 25.3. The molecule has 4 heteroatoms. The number of hydrogen-bond acceptors (Lipinski definition) is 4. The minimum Gasteiger partial charge on any atom is -0.396 e. The van der Waals surface area contributed by atoms with Gasteiger partial charge in [-0.2, -0.15) is 0 Å². The second-order valence-corrected chi connectivity index (χ2v) is 6.79. The molecule has 0 bridgehead atoms. The molecular weight excluding hydrogens is 238 g/mol. The average molecular weight is 269 g/mol. The molecule has 0 aromatic carbocycles. The zero-order valence-electron chi connectivity index (χ0n) is 12.8. The number of likely N-dealkylation sites (N-methyl/N-ethyl adjacent to an activating group) is 1. The first-order valence-corrected chi connectivity index (χ1v) is 7.84. The molecule has 4 nitrogen and oxygen atoms in total. The molecule has 19 heavy (non-hydrogen) atoms. The van der Waals surface area contributed by atoms with Crippen LogP contribution in [0.5, 0.6) is 0 Å². The quantitative estimate of drug-likeness (QED) is 0.769.